The Hall–Kier alpha value is -1.73. The summed E-state index contributed by atoms with van der Waals surface area (Å²) < 4.78 is 5.90. The number of amides is 2. The summed E-state index contributed by atoms with van der Waals surface area (Å²) >= 11 is 4.93. The predicted octanol–water partition coefficient (Wildman–Crippen LogP) is 1.49. The number of thiocarbonyl (C=S) groups is 1. The van der Waals surface area contributed by atoms with Crippen LogP contribution in [0.15, 0.2) is 24.3 Å². The number of nitrogens with one attached hydrogen (secondary N) is 3. The van der Waals surface area contributed by atoms with Gasteiger partial charge in [0, 0.05) is 12.8 Å². The Morgan fingerprint density at radius 2 is 2.05 bits per heavy atom. The molecule has 0 saturated heterocycles. The van der Waals surface area contributed by atoms with Crippen LogP contribution >= 0.6 is 12.2 Å². The predicted molar refractivity (Wildman–Crippen MR) is 88.8 cm³/mol. The van der Waals surface area contributed by atoms with Crippen LogP contribution in [0.4, 0.5) is 0 Å². The monoisotopic (exact) mass is 325 g/mol. The van der Waals surface area contributed by atoms with E-state index in [4.69, 9.17) is 17.0 Å². The average molecular weight is 325 g/mol. The summed E-state index contributed by atoms with van der Waals surface area (Å²) in [6.45, 7) is 5.62. The molecule has 0 saturated carbocycles. The lowest BCUT2D eigenvalue weighted by Gasteiger charge is -2.32. The number of carbonyl (C=O) groups is 2. The zero-order chi connectivity index (χ0) is 16.6. The second kappa shape index (κ2) is 8.65. The van der Waals surface area contributed by atoms with E-state index >= 15 is 0 Å². The van der Waals surface area contributed by atoms with Crippen LogP contribution in [0.3, 0.4) is 0 Å². The second-order valence-corrected chi connectivity index (χ2v) is 5.44. The Labute approximate surface area is 136 Å². The Bertz CT molecular complexity index is 490. The molecule has 6 nitrogen and oxygen atoms in total. The van der Waals surface area contributed by atoms with E-state index in [0.717, 1.165) is 6.42 Å². The zero-order valence-corrected chi connectivity index (χ0v) is 14.0. The molecule has 0 aromatic carbocycles. The van der Waals surface area contributed by atoms with E-state index in [0.29, 0.717) is 12.8 Å². The van der Waals surface area contributed by atoms with Crippen LogP contribution in [-0.2, 0) is 14.3 Å². The highest BCUT2D eigenvalue weighted by molar-refractivity contribution is 7.80. The number of allylic oxidation sites excluding steroid dienone is 2. The summed E-state index contributed by atoms with van der Waals surface area (Å²) in [5.74, 6) is -0.584. The molecule has 0 fully saturated rings. The molecule has 0 spiro atoms. The molecule has 0 heterocycles. The van der Waals surface area contributed by atoms with Gasteiger partial charge in [-0.3, -0.25) is 20.4 Å². The fourth-order valence-corrected chi connectivity index (χ4v) is 1.98. The summed E-state index contributed by atoms with van der Waals surface area (Å²) in [7, 11) is 0. The highest BCUT2D eigenvalue weighted by Gasteiger charge is 2.38. The Balaban J connectivity index is 2.65. The van der Waals surface area contributed by atoms with Gasteiger partial charge >= 0.3 is 0 Å². The summed E-state index contributed by atoms with van der Waals surface area (Å²) in [6, 6.07) is 0. The van der Waals surface area contributed by atoms with E-state index in [2.05, 4.69) is 16.2 Å². The summed E-state index contributed by atoms with van der Waals surface area (Å²) in [5, 5.41) is 2.50. The molecule has 1 rings (SSSR count). The molecule has 2 unspecified atom stereocenters. The molecule has 0 aromatic rings. The van der Waals surface area contributed by atoms with E-state index < -0.39 is 5.60 Å². The first-order valence-corrected chi connectivity index (χ1v) is 7.76. The van der Waals surface area contributed by atoms with E-state index in [-0.39, 0.29) is 23.0 Å². The number of carbonyl (C=O) groups excluding carboxylic acids is 2. The molecule has 1 aliphatic carbocycles. The van der Waals surface area contributed by atoms with Crippen LogP contribution in [0.5, 0.6) is 0 Å². The molecule has 2 amide bonds. The normalized spacial score (nSPS) is 21.0. The molecule has 22 heavy (non-hydrogen) atoms. The van der Waals surface area contributed by atoms with Gasteiger partial charge in [-0.15, -0.1) is 0 Å². The topological polar surface area (TPSA) is 79.5 Å². The molecular formula is C15H23N3O3S. The van der Waals surface area contributed by atoms with E-state index in [1.807, 2.05) is 26.0 Å². The van der Waals surface area contributed by atoms with Crippen molar-refractivity contribution in [3.8, 4) is 0 Å². The minimum Gasteiger partial charge on any atom is -0.358 e. The van der Waals surface area contributed by atoms with Crippen LogP contribution in [0.2, 0.25) is 0 Å². The number of hydrogen-bond acceptors (Lipinski definition) is 4. The molecule has 0 bridgehead atoms. The minimum atomic E-state index is -1.07. The fourth-order valence-electron chi connectivity index (χ4n) is 1.82. The molecule has 2 atom stereocenters. The molecule has 3 N–H and O–H groups in total. The lowest BCUT2D eigenvalue weighted by atomic mass is 9.93. The number of ether oxygens (including phenoxy) is 1. The third kappa shape index (κ3) is 5.23. The van der Waals surface area contributed by atoms with Crippen molar-refractivity contribution in [2.45, 2.75) is 51.7 Å². The second-order valence-electron chi connectivity index (χ2n) is 5.03. The number of hydrogen-bond donors (Lipinski definition) is 3. The highest BCUT2D eigenvalue weighted by Crippen LogP contribution is 2.25. The van der Waals surface area contributed by atoms with Gasteiger partial charge in [0.15, 0.2) is 10.7 Å². The third-order valence-corrected chi connectivity index (χ3v) is 3.47. The van der Waals surface area contributed by atoms with E-state index in [9.17, 15) is 9.59 Å². The highest BCUT2D eigenvalue weighted by atomic mass is 32.1. The van der Waals surface area contributed by atoms with Crippen molar-refractivity contribution in [3.63, 3.8) is 0 Å². The number of hydrazine groups is 1. The maximum Gasteiger partial charge on any atom is 0.274 e. The van der Waals surface area contributed by atoms with Gasteiger partial charge in [-0.05, 0) is 31.6 Å². The van der Waals surface area contributed by atoms with Crippen LogP contribution in [0.25, 0.3) is 0 Å². The molecule has 0 aliphatic heterocycles. The molecule has 1 aliphatic rings. The van der Waals surface area contributed by atoms with Crippen molar-refractivity contribution in [2.24, 2.45) is 0 Å². The Kier molecular flexibility index (Phi) is 7.20. The largest absolute Gasteiger partial charge is 0.358 e. The lowest BCUT2D eigenvalue weighted by molar-refractivity contribution is -0.147. The first-order valence-electron chi connectivity index (χ1n) is 7.36. The Morgan fingerprint density at radius 3 is 2.59 bits per heavy atom. The molecular weight excluding hydrogens is 302 g/mol. The summed E-state index contributed by atoms with van der Waals surface area (Å²) in [4.78, 5) is 23.7. The van der Waals surface area contributed by atoms with Crippen molar-refractivity contribution >= 4 is 29.1 Å². The molecule has 7 heteroatoms. The van der Waals surface area contributed by atoms with Crippen LogP contribution in [0.1, 0.15) is 40.0 Å². The lowest BCUT2D eigenvalue weighted by Crippen LogP contribution is -2.56. The standard InChI is InChI=1S/C15H23N3O3S/c1-4-11(3)21-15(9-7-6-8-10-15)13(20)17-18-14(22)16-12(19)5-2/h6-9,11H,4-5,10H2,1-3H3,(H,17,20)(H2,16,18,19,22). The van der Waals surface area contributed by atoms with Crippen molar-refractivity contribution < 1.29 is 14.3 Å². The minimum absolute atomic E-state index is 0.0502. The first kappa shape index (κ1) is 18.3. The molecule has 122 valence electrons. The van der Waals surface area contributed by atoms with Gasteiger partial charge in [-0.2, -0.15) is 0 Å². The van der Waals surface area contributed by atoms with Gasteiger partial charge in [0.1, 0.15) is 0 Å². The van der Waals surface area contributed by atoms with Crippen LogP contribution in [-0.4, -0.2) is 28.6 Å². The third-order valence-electron chi connectivity index (χ3n) is 3.27. The van der Waals surface area contributed by atoms with Crippen LogP contribution in [0, 0.1) is 0 Å². The molecule has 0 radical (unpaired) electrons. The quantitative estimate of drug-likeness (QED) is 0.527. The molecule has 0 aromatic heterocycles. The maximum absolute atomic E-state index is 12.5. The van der Waals surface area contributed by atoms with Gasteiger partial charge in [0.05, 0.1) is 6.10 Å². The van der Waals surface area contributed by atoms with Crippen molar-refractivity contribution in [1.82, 2.24) is 16.2 Å². The van der Waals surface area contributed by atoms with Gasteiger partial charge in [-0.25, -0.2) is 0 Å². The average Bonchev–Trinajstić information content (AvgIpc) is 2.53. The summed E-state index contributed by atoms with van der Waals surface area (Å²) in [5.41, 5.74) is 3.95. The Morgan fingerprint density at radius 1 is 1.32 bits per heavy atom. The maximum atomic E-state index is 12.5. The van der Waals surface area contributed by atoms with Gasteiger partial charge in [-0.1, -0.05) is 32.1 Å². The smallest absolute Gasteiger partial charge is 0.274 e. The van der Waals surface area contributed by atoms with E-state index in [1.54, 1.807) is 19.1 Å². The van der Waals surface area contributed by atoms with Gasteiger partial charge in [0.25, 0.3) is 5.91 Å². The fraction of sp³-hybridized carbons (Fsp3) is 0.533. The van der Waals surface area contributed by atoms with Crippen molar-refractivity contribution in [2.75, 3.05) is 0 Å². The summed E-state index contributed by atoms with van der Waals surface area (Å²) in [6.07, 6.45) is 8.73. The van der Waals surface area contributed by atoms with E-state index in [1.165, 1.54) is 0 Å². The van der Waals surface area contributed by atoms with Crippen LogP contribution < -0.4 is 16.2 Å². The van der Waals surface area contributed by atoms with Gasteiger partial charge in [0.2, 0.25) is 5.91 Å². The van der Waals surface area contributed by atoms with Crippen molar-refractivity contribution in [1.29, 1.82) is 0 Å². The van der Waals surface area contributed by atoms with Crippen molar-refractivity contribution in [3.05, 3.63) is 24.3 Å². The SMILES string of the molecule is CCC(=O)NC(=S)NNC(=O)C1(OC(C)CC)C=CC=CC1. The number of rotatable bonds is 5. The first-order chi connectivity index (χ1) is 10.4. The van der Waals surface area contributed by atoms with Gasteiger partial charge < -0.3 is 10.1 Å². The zero-order valence-electron chi connectivity index (χ0n) is 13.1.